The average Bonchev–Trinajstić information content (AvgIpc) is 3.00. The molecule has 0 aliphatic carbocycles. The van der Waals surface area contributed by atoms with E-state index >= 15 is 0 Å². The van der Waals surface area contributed by atoms with Gasteiger partial charge < -0.3 is 15.1 Å². The average molecular weight is 360 g/mol. The zero-order chi connectivity index (χ0) is 18.0. The van der Waals surface area contributed by atoms with Crippen LogP contribution in [0, 0.1) is 12.3 Å². The summed E-state index contributed by atoms with van der Waals surface area (Å²) in [5.74, 6) is 1.75. The van der Waals surface area contributed by atoms with Crippen LogP contribution in [0.25, 0.3) is 0 Å². The van der Waals surface area contributed by atoms with Gasteiger partial charge in [0, 0.05) is 44.3 Å². The van der Waals surface area contributed by atoms with Crippen LogP contribution in [0.2, 0.25) is 0 Å². The molecule has 1 saturated heterocycles. The molecule has 0 aromatic carbocycles. The first-order valence-corrected chi connectivity index (χ1v) is 9.17. The summed E-state index contributed by atoms with van der Waals surface area (Å²) in [4.78, 5) is 31.0. The number of anilines is 3. The van der Waals surface area contributed by atoms with E-state index < -0.39 is 5.41 Å². The minimum atomic E-state index is -0.471. The molecule has 8 heteroatoms. The summed E-state index contributed by atoms with van der Waals surface area (Å²) in [7, 11) is 3.91. The van der Waals surface area contributed by atoms with Crippen molar-refractivity contribution in [2.45, 2.75) is 26.7 Å². The highest BCUT2D eigenvalue weighted by Crippen LogP contribution is 2.33. The molecule has 25 heavy (non-hydrogen) atoms. The number of piperidine rings is 1. The molecule has 1 unspecified atom stereocenters. The Morgan fingerprint density at radius 3 is 2.84 bits per heavy atom. The summed E-state index contributed by atoms with van der Waals surface area (Å²) in [6, 6.07) is 1.97. The number of aryl methyl sites for hydroxylation is 1. The predicted octanol–water partition coefficient (Wildman–Crippen LogP) is 2.55. The lowest BCUT2D eigenvalue weighted by Crippen LogP contribution is -2.48. The Labute approximate surface area is 152 Å². The third-order valence-electron chi connectivity index (χ3n) is 4.51. The standard InChI is InChI=1S/C17H24N6OS/c1-12-9-18-16(25-12)21-15(24)17(2)6-5-7-23(10-17)14-8-13(22(3)4)19-11-20-14/h8-9,11H,5-7,10H2,1-4H3,(H,18,21,24). The highest BCUT2D eigenvalue weighted by atomic mass is 32.1. The van der Waals surface area contributed by atoms with Gasteiger partial charge in [0.05, 0.1) is 5.41 Å². The van der Waals surface area contributed by atoms with Crippen molar-refractivity contribution in [3.63, 3.8) is 0 Å². The van der Waals surface area contributed by atoms with Gasteiger partial charge in [-0.1, -0.05) is 0 Å². The fraction of sp³-hybridized carbons (Fsp3) is 0.529. The van der Waals surface area contributed by atoms with Gasteiger partial charge in [-0.3, -0.25) is 4.79 Å². The van der Waals surface area contributed by atoms with Crippen molar-refractivity contribution in [1.82, 2.24) is 15.0 Å². The molecule has 1 aliphatic rings. The highest BCUT2D eigenvalue weighted by molar-refractivity contribution is 7.15. The van der Waals surface area contributed by atoms with Gasteiger partial charge in [0.1, 0.15) is 18.0 Å². The van der Waals surface area contributed by atoms with Crippen molar-refractivity contribution in [3.8, 4) is 0 Å². The van der Waals surface area contributed by atoms with E-state index in [1.54, 1.807) is 12.5 Å². The number of aromatic nitrogens is 3. The van der Waals surface area contributed by atoms with E-state index in [4.69, 9.17) is 0 Å². The predicted molar refractivity (Wildman–Crippen MR) is 101 cm³/mol. The van der Waals surface area contributed by atoms with Crippen LogP contribution >= 0.6 is 11.3 Å². The maximum absolute atomic E-state index is 12.8. The lowest BCUT2D eigenvalue weighted by atomic mass is 9.81. The number of nitrogens with zero attached hydrogens (tertiary/aromatic N) is 5. The van der Waals surface area contributed by atoms with E-state index in [2.05, 4.69) is 25.2 Å². The molecule has 3 rings (SSSR count). The van der Waals surface area contributed by atoms with Crippen LogP contribution in [0.3, 0.4) is 0 Å². The number of carbonyl (C=O) groups excluding carboxylic acids is 1. The summed E-state index contributed by atoms with van der Waals surface area (Å²) in [6.07, 6.45) is 5.15. The molecule has 1 aliphatic heterocycles. The van der Waals surface area contributed by atoms with Crippen LogP contribution < -0.4 is 15.1 Å². The lowest BCUT2D eigenvalue weighted by molar-refractivity contribution is -0.125. The first-order chi connectivity index (χ1) is 11.9. The van der Waals surface area contributed by atoms with Gasteiger partial charge in [0.25, 0.3) is 0 Å². The van der Waals surface area contributed by atoms with E-state index in [9.17, 15) is 4.79 Å². The summed E-state index contributed by atoms with van der Waals surface area (Å²) >= 11 is 1.50. The van der Waals surface area contributed by atoms with Gasteiger partial charge >= 0.3 is 0 Å². The molecule has 2 aromatic rings. The first-order valence-electron chi connectivity index (χ1n) is 8.36. The fourth-order valence-corrected chi connectivity index (χ4v) is 3.70. The Morgan fingerprint density at radius 2 is 2.16 bits per heavy atom. The minimum absolute atomic E-state index is 0.0217. The second kappa shape index (κ2) is 6.95. The molecule has 1 amide bonds. The third kappa shape index (κ3) is 3.89. The Bertz CT molecular complexity index is 761. The van der Waals surface area contributed by atoms with Crippen LogP contribution in [0.4, 0.5) is 16.8 Å². The van der Waals surface area contributed by atoms with Gasteiger partial charge in [-0.25, -0.2) is 15.0 Å². The number of amides is 1. The van der Waals surface area contributed by atoms with Crippen LogP contribution in [0.15, 0.2) is 18.6 Å². The van der Waals surface area contributed by atoms with Gasteiger partial charge in [-0.2, -0.15) is 0 Å². The highest BCUT2D eigenvalue weighted by Gasteiger charge is 2.38. The molecular formula is C17H24N6OS. The Kier molecular flexibility index (Phi) is 4.89. The van der Waals surface area contributed by atoms with Gasteiger partial charge in [0.2, 0.25) is 5.91 Å². The molecule has 0 bridgehead atoms. The fourth-order valence-electron chi connectivity index (χ4n) is 3.04. The van der Waals surface area contributed by atoms with Crippen molar-refractivity contribution >= 4 is 34.0 Å². The third-order valence-corrected chi connectivity index (χ3v) is 5.33. The van der Waals surface area contributed by atoms with Gasteiger partial charge in [0.15, 0.2) is 5.13 Å². The maximum Gasteiger partial charge on any atom is 0.233 e. The molecule has 2 aromatic heterocycles. The number of thiazole rings is 1. The van der Waals surface area contributed by atoms with Gasteiger partial charge in [-0.05, 0) is 26.7 Å². The SMILES string of the molecule is Cc1cnc(NC(=O)C2(C)CCCN(c3cc(N(C)C)ncn3)C2)s1. The zero-order valence-corrected chi connectivity index (χ0v) is 15.9. The van der Waals surface area contributed by atoms with Crippen LogP contribution in [-0.4, -0.2) is 48.0 Å². The zero-order valence-electron chi connectivity index (χ0n) is 15.1. The minimum Gasteiger partial charge on any atom is -0.363 e. The molecule has 0 spiro atoms. The maximum atomic E-state index is 12.8. The summed E-state index contributed by atoms with van der Waals surface area (Å²) in [6.45, 7) is 5.52. The van der Waals surface area contributed by atoms with Crippen LogP contribution in [0.5, 0.6) is 0 Å². The second-order valence-corrected chi connectivity index (χ2v) is 8.18. The lowest BCUT2D eigenvalue weighted by Gasteiger charge is -2.39. The van der Waals surface area contributed by atoms with Crippen molar-refractivity contribution in [3.05, 3.63) is 23.5 Å². The van der Waals surface area contributed by atoms with Crippen molar-refractivity contribution in [2.75, 3.05) is 42.3 Å². The molecule has 0 saturated carbocycles. The van der Waals surface area contributed by atoms with E-state index in [-0.39, 0.29) is 5.91 Å². The molecular weight excluding hydrogens is 336 g/mol. The monoisotopic (exact) mass is 360 g/mol. The normalized spacial score (nSPS) is 20.4. The number of hydrogen-bond acceptors (Lipinski definition) is 7. The summed E-state index contributed by atoms with van der Waals surface area (Å²) in [5.41, 5.74) is -0.471. The Balaban J connectivity index is 1.75. The number of hydrogen-bond donors (Lipinski definition) is 1. The largest absolute Gasteiger partial charge is 0.363 e. The molecule has 134 valence electrons. The molecule has 1 fully saturated rings. The van der Waals surface area contributed by atoms with E-state index in [0.29, 0.717) is 11.7 Å². The number of rotatable bonds is 4. The summed E-state index contributed by atoms with van der Waals surface area (Å²) in [5, 5.41) is 3.64. The van der Waals surface area contributed by atoms with Crippen molar-refractivity contribution in [1.29, 1.82) is 0 Å². The van der Waals surface area contributed by atoms with Crippen molar-refractivity contribution in [2.24, 2.45) is 5.41 Å². The summed E-state index contributed by atoms with van der Waals surface area (Å²) < 4.78 is 0. The quantitative estimate of drug-likeness (QED) is 0.903. The van der Waals surface area contributed by atoms with Crippen molar-refractivity contribution < 1.29 is 4.79 Å². The Hall–Kier alpha value is -2.22. The van der Waals surface area contributed by atoms with E-state index in [1.807, 2.05) is 38.9 Å². The van der Waals surface area contributed by atoms with E-state index in [1.165, 1.54) is 11.3 Å². The van der Waals surface area contributed by atoms with Crippen LogP contribution in [0.1, 0.15) is 24.6 Å². The molecule has 0 radical (unpaired) electrons. The van der Waals surface area contributed by atoms with Gasteiger partial charge in [-0.15, -0.1) is 11.3 Å². The molecule has 3 heterocycles. The second-order valence-electron chi connectivity index (χ2n) is 6.94. The number of nitrogens with one attached hydrogen (secondary N) is 1. The smallest absolute Gasteiger partial charge is 0.233 e. The molecule has 1 atom stereocenters. The topological polar surface area (TPSA) is 74.2 Å². The van der Waals surface area contributed by atoms with Crippen LogP contribution in [-0.2, 0) is 4.79 Å². The Morgan fingerprint density at radius 1 is 1.36 bits per heavy atom. The molecule has 1 N–H and O–H groups in total. The molecule has 7 nitrogen and oxygen atoms in total. The van der Waals surface area contributed by atoms with E-state index in [0.717, 1.165) is 35.9 Å². The number of carbonyl (C=O) groups is 1. The first kappa shape index (κ1) is 17.6.